The fourth-order valence-electron chi connectivity index (χ4n) is 2.23. The summed E-state index contributed by atoms with van der Waals surface area (Å²) in [6.07, 6.45) is 0. The van der Waals surface area contributed by atoms with Crippen LogP contribution in [0, 0.1) is 19.7 Å². The predicted octanol–water partition coefficient (Wildman–Crippen LogP) is 4.81. The molecule has 0 unspecified atom stereocenters. The number of hydrogen-bond donors (Lipinski definition) is 1. The molecule has 2 heterocycles. The van der Waals surface area contributed by atoms with Crippen LogP contribution in [0.15, 0.2) is 18.2 Å². The Balaban J connectivity index is 2.32. The van der Waals surface area contributed by atoms with Crippen LogP contribution in [0.4, 0.5) is 10.2 Å². The number of hydrogen-bond acceptors (Lipinski definition) is 4. The lowest BCUT2D eigenvalue weighted by Crippen LogP contribution is -1.99. The van der Waals surface area contributed by atoms with Crippen LogP contribution in [0.5, 0.6) is 0 Å². The lowest BCUT2D eigenvalue weighted by atomic mass is 10.1. The second-order valence-corrected chi connectivity index (χ2v) is 6.32. The molecule has 0 aliphatic rings. The van der Waals surface area contributed by atoms with Gasteiger partial charge in [0.2, 0.25) is 0 Å². The molecule has 21 heavy (non-hydrogen) atoms. The number of thiophene rings is 1. The zero-order valence-corrected chi connectivity index (χ0v) is 13.4. The molecule has 0 atom stereocenters. The first-order valence-corrected chi connectivity index (χ1v) is 7.62. The van der Waals surface area contributed by atoms with Crippen LogP contribution in [0.25, 0.3) is 21.6 Å². The standard InChI is InChI=1S/C15H13ClFN3S/c1-7-8(2)21-15-11(7)14(18-3)19-13(20-15)9-5-4-6-10(16)12(9)17/h4-6H,1-3H3,(H,18,19,20). The maximum Gasteiger partial charge on any atom is 0.166 e. The molecule has 1 aromatic carbocycles. The van der Waals surface area contributed by atoms with Crippen molar-refractivity contribution in [2.45, 2.75) is 13.8 Å². The van der Waals surface area contributed by atoms with Crippen LogP contribution in [0.1, 0.15) is 10.4 Å². The van der Waals surface area contributed by atoms with Gasteiger partial charge in [0.05, 0.1) is 16.0 Å². The molecule has 0 spiro atoms. The van der Waals surface area contributed by atoms with E-state index >= 15 is 0 Å². The highest BCUT2D eigenvalue weighted by Gasteiger charge is 2.17. The van der Waals surface area contributed by atoms with Crippen LogP contribution in [-0.2, 0) is 0 Å². The SMILES string of the molecule is CNc1nc(-c2cccc(Cl)c2F)nc2sc(C)c(C)c12. The van der Waals surface area contributed by atoms with Gasteiger partial charge in [-0.1, -0.05) is 17.7 Å². The largest absolute Gasteiger partial charge is 0.372 e. The molecule has 0 fully saturated rings. The van der Waals surface area contributed by atoms with Crippen molar-refractivity contribution in [1.29, 1.82) is 0 Å². The molecule has 1 N–H and O–H groups in total. The smallest absolute Gasteiger partial charge is 0.166 e. The molecular weight excluding hydrogens is 309 g/mol. The normalized spacial score (nSPS) is 11.1. The van der Waals surface area contributed by atoms with Gasteiger partial charge in [0.15, 0.2) is 11.6 Å². The van der Waals surface area contributed by atoms with Crippen LogP contribution >= 0.6 is 22.9 Å². The van der Waals surface area contributed by atoms with Crippen molar-refractivity contribution < 1.29 is 4.39 Å². The Morgan fingerprint density at radius 2 is 2.00 bits per heavy atom. The van der Waals surface area contributed by atoms with Crippen molar-refractivity contribution in [3.05, 3.63) is 39.5 Å². The quantitative estimate of drug-likeness (QED) is 0.736. The Morgan fingerprint density at radius 1 is 1.24 bits per heavy atom. The van der Waals surface area contributed by atoms with Gasteiger partial charge in [-0.05, 0) is 31.5 Å². The zero-order valence-electron chi connectivity index (χ0n) is 11.8. The fraction of sp³-hybridized carbons (Fsp3) is 0.200. The number of aromatic nitrogens is 2. The highest BCUT2D eigenvalue weighted by molar-refractivity contribution is 7.18. The summed E-state index contributed by atoms with van der Waals surface area (Å²) < 4.78 is 14.2. The molecule has 0 saturated heterocycles. The topological polar surface area (TPSA) is 37.8 Å². The summed E-state index contributed by atoms with van der Waals surface area (Å²) in [5.41, 5.74) is 1.46. The van der Waals surface area contributed by atoms with E-state index in [0.717, 1.165) is 15.8 Å². The monoisotopic (exact) mass is 321 g/mol. The molecule has 2 aromatic heterocycles. The van der Waals surface area contributed by atoms with Crippen molar-refractivity contribution in [3.8, 4) is 11.4 Å². The number of nitrogens with one attached hydrogen (secondary N) is 1. The number of halogens is 2. The predicted molar refractivity (Wildman–Crippen MR) is 86.8 cm³/mol. The second kappa shape index (κ2) is 5.24. The molecule has 6 heteroatoms. The van der Waals surface area contributed by atoms with Gasteiger partial charge in [0.1, 0.15) is 10.6 Å². The lowest BCUT2D eigenvalue weighted by molar-refractivity contribution is 0.630. The van der Waals surface area contributed by atoms with E-state index in [9.17, 15) is 4.39 Å². The third kappa shape index (κ3) is 2.26. The Morgan fingerprint density at radius 3 is 2.71 bits per heavy atom. The summed E-state index contributed by atoms with van der Waals surface area (Å²) >= 11 is 7.42. The van der Waals surface area contributed by atoms with E-state index in [1.165, 1.54) is 10.9 Å². The minimum atomic E-state index is -0.495. The minimum absolute atomic E-state index is 0.0701. The van der Waals surface area contributed by atoms with E-state index in [0.29, 0.717) is 17.2 Å². The molecule has 0 aliphatic heterocycles. The third-order valence-electron chi connectivity index (χ3n) is 3.46. The van der Waals surface area contributed by atoms with Gasteiger partial charge < -0.3 is 5.32 Å². The average molecular weight is 322 g/mol. The van der Waals surface area contributed by atoms with E-state index in [2.05, 4.69) is 15.3 Å². The van der Waals surface area contributed by atoms with Gasteiger partial charge in [0.25, 0.3) is 0 Å². The Hall–Kier alpha value is -1.72. The molecule has 0 radical (unpaired) electrons. The Kier molecular flexibility index (Phi) is 3.55. The van der Waals surface area contributed by atoms with Crippen molar-refractivity contribution in [2.75, 3.05) is 12.4 Å². The van der Waals surface area contributed by atoms with Crippen molar-refractivity contribution >= 4 is 39.0 Å². The van der Waals surface area contributed by atoms with E-state index < -0.39 is 5.82 Å². The van der Waals surface area contributed by atoms with Gasteiger partial charge in [0, 0.05) is 11.9 Å². The number of nitrogens with zero attached hydrogens (tertiary/aromatic N) is 2. The van der Waals surface area contributed by atoms with Gasteiger partial charge in [-0.25, -0.2) is 14.4 Å². The molecular formula is C15H13ClFN3S. The second-order valence-electron chi connectivity index (χ2n) is 4.71. The first-order chi connectivity index (χ1) is 10.0. The first kappa shape index (κ1) is 14.2. The molecule has 3 nitrogen and oxygen atoms in total. The first-order valence-electron chi connectivity index (χ1n) is 6.42. The Bertz CT molecular complexity index is 845. The molecule has 0 bridgehead atoms. The van der Waals surface area contributed by atoms with Crippen LogP contribution in [0.2, 0.25) is 5.02 Å². The number of fused-ring (bicyclic) bond motifs is 1. The molecule has 0 amide bonds. The highest BCUT2D eigenvalue weighted by atomic mass is 35.5. The van der Waals surface area contributed by atoms with Crippen LogP contribution in [0.3, 0.4) is 0 Å². The average Bonchev–Trinajstić information content (AvgIpc) is 2.76. The fourth-order valence-corrected chi connectivity index (χ4v) is 3.43. The number of aryl methyl sites for hydroxylation is 2. The van der Waals surface area contributed by atoms with Gasteiger partial charge in [-0.2, -0.15) is 0 Å². The zero-order chi connectivity index (χ0) is 15.1. The molecule has 108 valence electrons. The Labute approximate surface area is 130 Å². The summed E-state index contributed by atoms with van der Waals surface area (Å²) in [4.78, 5) is 11.0. The van der Waals surface area contributed by atoms with Crippen molar-refractivity contribution in [3.63, 3.8) is 0 Å². The highest BCUT2D eigenvalue weighted by Crippen LogP contribution is 2.35. The summed E-state index contributed by atoms with van der Waals surface area (Å²) in [6, 6.07) is 4.84. The van der Waals surface area contributed by atoms with E-state index in [1.807, 2.05) is 13.8 Å². The molecule has 3 rings (SSSR count). The van der Waals surface area contributed by atoms with E-state index in [1.54, 1.807) is 30.5 Å². The van der Waals surface area contributed by atoms with Crippen molar-refractivity contribution in [1.82, 2.24) is 9.97 Å². The summed E-state index contributed by atoms with van der Waals surface area (Å²) in [5, 5.41) is 4.13. The number of anilines is 1. The van der Waals surface area contributed by atoms with Gasteiger partial charge >= 0.3 is 0 Å². The van der Waals surface area contributed by atoms with E-state index in [4.69, 9.17) is 11.6 Å². The van der Waals surface area contributed by atoms with Crippen LogP contribution < -0.4 is 5.32 Å². The molecule has 0 saturated carbocycles. The summed E-state index contributed by atoms with van der Waals surface area (Å²) in [7, 11) is 1.80. The number of benzene rings is 1. The van der Waals surface area contributed by atoms with Crippen LogP contribution in [-0.4, -0.2) is 17.0 Å². The minimum Gasteiger partial charge on any atom is -0.372 e. The molecule has 0 aliphatic carbocycles. The maximum absolute atomic E-state index is 14.2. The maximum atomic E-state index is 14.2. The van der Waals surface area contributed by atoms with Gasteiger partial charge in [-0.15, -0.1) is 11.3 Å². The van der Waals surface area contributed by atoms with E-state index in [-0.39, 0.29) is 5.02 Å². The van der Waals surface area contributed by atoms with Crippen molar-refractivity contribution in [2.24, 2.45) is 0 Å². The lowest BCUT2D eigenvalue weighted by Gasteiger charge is -2.07. The third-order valence-corrected chi connectivity index (χ3v) is 4.85. The van der Waals surface area contributed by atoms with Gasteiger partial charge in [-0.3, -0.25) is 0 Å². The summed E-state index contributed by atoms with van der Waals surface area (Å²) in [5.74, 6) is 0.551. The summed E-state index contributed by atoms with van der Waals surface area (Å²) in [6.45, 7) is 4.08. The number of rotatable bonds is 2. The molecule has 3 aromatic rings.